The van der Waals surface area contributed by atoms with Crippen LogP contribution in [0.1, 0.15) is 72.1 Å². The van der Waals surface area contributed by atoms with Crippen molar-refractivity contribution < 1.29 is 20.1 Å². The molecule has 1 saturated carbocycles. The molecule has 1 aliphatic carbocycles. The number of aliphatic hydroxyl groups excluding tert-OH is 2. The Morgan fingerprint density at radius 1 is 1.30 bits per heavy atom. The summed E-state index contributed by atoms with van der Waals surface area (Å²) in [7, 11) is 0. The van der Waals surface area contributed by atoms with E-state index >= 15 is 0 Å². The van der Waals surface area contributed by atoms with Crippen molar-refractivity contribution in [1.29, 1.82) is 0 Å². The van der Waals surface area contributed by atoms with Crippen LogP contribution in [0.5, 0.6) is 0 Å². The molecule has 0 aliphatic heterocycles. The molecule has 5 heteroatoms. The normalized spacial score (nSPS) is 27.6. The van der Waals surface area contributed by atoms with Crippen LogP contribution in [0.3, 0.4) is 0 Å². The van der Waals surface area contributed by atoms with Gasteiger partial charge in [0.05, 0.1) is 12.2 Å². The number of carboxylic acid groups (broad SMARTS) is 1. The maximum Gasteiger partial charge on any atom is 0.303 e. The van der Waals surface area contributed by atoms with Crippen molar-refractivity contribution in [3.8, 4) is 0 Å². The Morgan fingerprint density at radius 2 is 2.00 bits per heavy atom. The van der Waals surface area contributed by atoms with Gasteiger partial charge in [0.15, 0.2) is 0 Å². The van der Waals surface area contributed by atoms with Crippen LogP contribution in [-0.2, 0) is 4.79 Å². The molecule has 1 rings (SSSR count). The summed E-state index contributed by atoms with van der Waals surface area (Å²) >= 11 is 6.46. The molecule has 0 heterocycles. The lowest BCUT2D eigenvalue weighted by Crippen LogP contribution is -2.28. The average molecular weight is 401 g/mol. The van der Waals surface area contributed by atoms with Crippen LogP contribution >= 0.6 is 11.6 Å². The van der Waals surface area contributed by atoms with Gasteiger partial charge in [-0.1, -0.05) is 57.9 Å². The fraction of sp³-hybridized carbons (Fsp3) is 0.773. The second-order valence-electron chi connectivity index (χ2n) is 8.48. The molecule has 0 saturated heterocycles. The van der Waals surface area contributed by atoms with Crippen LogP contribution in [0.25, 0.3) is 0 Å². The number of hydrogen-bond acceptors (Lipinski definition) is 3. The van der Waals surface area contributed by atoms with Gasteiger partial charge in [-0.25, -0.2) is 0 Å². The third-order valence-corrected chi connectivity index (χ3v) is 6.20. The Labute approximate surface area is 169 Å². The van der Waals surface area contributed by atoms with Gasteiger partial charge < -0.3 is 15.3 Å². The maximum absolute atomic E-state index is 10.6. The standard InChI is InChI=1S/C22H37ClO4/c1-4-5-14-22(2,3)20(25)13-12-17-16(18(23)15-19(17)24)10-8-6-7-9-11-21(26)27/h6,8,12-13,16-20,24-25H,4-5,7,9-11,14-15H2,1-3H3,(H,26,27)/b8-6+,13-12?/t16-,17-,18-,19-,20-/m1/s1. The zero-order valence-corrected chi connectivity index (χ0v) is 17.7. The Kier molecular flexibility index (Phi) is 10.6. The number of alkyl halides is 1. The van der Waals surface area contributed by atoms with Crippen molar-refractivity contribution in [3.05, 3.63) is 24.3 Å². The summed E-state index contributed by atoms with van der Waals surface area (Å²) in [4.78, 5) is 10.5. The van der Waals surface area contributed by atoms with Gasteiger partial charge in [0, 0.05) is 17.7 Å². The van der Waals surface area contributed by atoms with E-state index in [2.05, 4.69) is 20.8 Å². The molecular formula is C22H37ClO4. The average Bonchev–Trinajstić information content (AvgIpc) is 2.86. The van der Waals surface area contributed by atoms with Crippen LogP contribution < -0.4 is 0 Å². The number of hydrogen-bond donors (Lipinski definition) is 3. The predicted octanol–water partition coefficient (Wildman–Crippen LogP) is 4.93. The molecule has 5 atom stereocenters. The molecule has 0 bridgehead atoms. The highest BCUT2D eigenvalue weighted by molar-refractivity contribution is 6.21. The highest BCUT2D eigenvalue weighted by Gasteiger charge is 2.39. The fourth-order valence-corrected chi connectivity index (χ4v) is 4.13. The highest BCUT2D eigenvalue weighted by Crippen LogP contribution is 2.40. The van der Waals surface area contributed by atoms with Crippen LogP contribution in [0.2, 0.25) is 0 Å². The number of allylic oxidation sites excluding steroid dienone is 2. The molecule has 1 aliphatic rings. The predicted molar refractivity (Wildman–Crippen MR) is 111 cm³/mol. The minimum Gasteiger partial charge on any atom is -0.481 e. The van der Waals surface area contributed by atoms with E-state index < -0.39 is 18.2 Å². The van der Waals surface area contributed by atoms with Crippen LogP contribution in [-0.4, -0.2) is 38.9 Å². The fourth-order valence-electron chi connectivity index (χ4n) is 3.68. The van der Waals surface area contributed by atoms with Crippen molar-refractivity contribution in [1.82, 2.24) is 0 Å². The minimum absolute atomic E-state index is 0.0622. The lowest BCUT2D eigenvalue weighted by molar-refractivity contribution is -0.137. The number of unbranched alkanes of at least 4 members (excludes halogenated alkanes) is 2. The van der Waals surface area contributed by atoms with Crippen LogP contribution in [0.4, 0.5) is 0 Å². The highest BCUT2D eigenvalue weighted by atomic mass is 35.5. The van der Waals surface area contributed by atoms with Crippen molar-refractivity contribution in [3.63, 3.8) is 0 Å². The van der Waals surface area contributed by atoms with Gasteiger partial charge in [-0.3, -0.25) is 4.79 Å². The molecule has 0 amide bonds. The van der Waals surface area contributed by atoms with E-state index in [4.69, 9.17) is 16.7 Å². The van der Waals surface area contributed by atoms with E-state index in [0.29, 0.717) is 12.8 Å². The molecule has 0 spiro atoms. The van der Waals surface area contributed by atoms with Crippen molar-refractivity contribution in [2.45, 2.75) is 89.7 Å². The topological polar surface area (TPSA) is 77.8 Å². The summed E-state index contributed by atoms with van der Waals surface area (Å²) in [5.74, 6) is -0.707. The number of rotatable bonds is 12. The number of halogens is 1. The second-order valence-corrected chi connectivity index (χ2v) is 9.04. The summed E-state index contributed by atoms with van der Waals surface area (Å²) in [5.41, 5.74) is -0.185. The largest absolute Gasteiger partial charge is 0.481 e. The molecule has 0 aromatic heterocycles. The lowest BCUT2D eigenvalue weighted by Gasteiger charge is -2.29. The summed E-state index contributed by atoms with van der Waals surface area (Å²) in [6.07, 6.45) is 12.8. The van der Waals surface area contributed by atoms with Gasteiger partial charge in [0.2, 0.25) is 0 Å². The van der Waals surface area contributed by atoms with Crippen molar-refractivity contribution in [2.24, 2.45) is 17.3 Å². The van der Waals surface area contributed by atoms with E-state index in [1.54, 1.807) is 0 Å². The first-order valence-electron chi connectivity index (χ1n) is 10.2. The van der Waals surface area contributed by atoms with E-state index in [1.807, 2.05) is 24.3 Å². The lowest BCUT2D eigenvalue weighted by atomic mass is 9.80. The summed E-state index contributed by atoms with van der Waals surface area (Å²) in [6, 6.07) is 0. The Hall–Kier alpha value is -0.840. The molecule has 0 unspecified atom stereocenters. The van der Waals surface area contributed by atoms with Gasteiger partial charge in [-0.2, -0.15) is 0 Å². The number of aliphatic hydroxyl groups is 2. The summed E-state index contributed by atoms with van der Waals surface area (Å²) < 4.78 is 0. The summed E-state index contributed by atoms with van der Waals surface area (Å²) in [5, 5.41) is 29.5. The van der Waals surface area contributed by atoms with Gasteiger partial charge >= 0.3 is 5.97 Å². The van der Waals surface area contributed by atoms with Gasteiger partial charge in [-0.05, 0) is 43.4 Å². The van der Waals surface area contributed by atoms with E-state index in [9.17, 15) is 15.0 Å². The maximum atomic E-state index is 10.6. The van der Waals surface area contributed by atoms with E-state index in [-0.39, 0.29) is 29.0 Å². The molecule has 156 valence electrons. The number of aliphatic carboxylic acids is 1. The first-order valence-corrected chi connectivity index (χ1v) is 10.7. The van der Waals surface area contributed by atoms with E-state index in [0.717, 1.165) is 32.1 Å². The monoisotopic (exact) mass is 400 g/mol. The van der Waals surface area contributed by atoms with Gasteiger partial charge in [-0.15, -0.1) is 11.6 Å². The molecular weight excluding hydrogens is 364 g/mol. The third kappa shape index (κ3) is 8.37. The molecule has 0 radical (unpaired) electrons. The Balaban J connectivity index is 2.62. The number of carbonyl (C=O) groups is 1. The van der Waals surface area contributed by atoms with Crippen molar-refractivity contribution in [2.75, 3.05) is 0 Å². The minimum atomic E-state index is -0.770. The zero-order chi connectivity index (χ0) is 20.4. The SMILES string of the molecule is CCCCC(C)(C)[C@H](O)C=C[C@@H]1[C@@H](C/C=C/CCCC(=O)O)[C@H](Cl)C[C@H]1O. The molecule has 0 aromatic rings. The second kappa shape index (κ2) is 11.9. The molecule has 1 fully saturated rings. The van der Waals surface area contributed by atoms with Gasteiger partial charge in [0.1, 0.15) is 0 Å². The third-order valence-electron chi connectivity index (χ3n) is 5.70. The quantitative estimate of drug-likeness (QED) is 0.246. The van der Waals surface area contributed by atoms with Crippen LogP contribution in [0.15, 0.2) is 24.3 Å². The van der Waals surface area contributed by atoms with Gasteiger partial charge in [0.25, 0.3) is 0 Å². The Bertz CT molecular complexity index is 501. The smallest absolute Gasteiger partial charge is 0.303 e. The van der Waals surface area contributed by atoms with Crippen molar-refractivity contribution >= 4 is 17.6 Å². The van der Waals surface area contributed by atoms with Crippen LogP contribution in [0, 0.1) is 17.3 Å². The first-order chi connectivity index (χ1) is 12.7. The Morgan fingerprint density at radius 3 is 2.63 bits per heavy atom. The number of carboxylic acids is 1. The first kappa shape index (κ1) is 24.2. The molecule has 4 nitrogen and oxygen atoms in total. The zero-order valence-electron chi connectivity index (χ0n) is 17.0. The molecule has 0 aromatic carbocycles. The molecule has 27 heavy (non-hydrogen) atoms. The molecule has 3 N–H and O–H groups in total. The summed E-state index contributed by atoms with van der Waals surface area (Å²) in [6.45, 7) is 6.29. The van der Waals surface area contributed by atoms with E-state index in [1.165, 1.54) is 0 Å².